The number of hydrogen-bond donors (Lipinski definition) is 1. The van der Waals surface area contributed by atoms with E-state index in [4.69, 9.17) is 11.6 Å². The molecule has 1 aromatic heterocycles. The number of benzene rings is 1. The van der Waals surface area contributed by atoms with Crippen LogP contribution in [-0.4, -0.2) is 14.9 Å². The van der Waals surface area contributed by atoms with Gasteiger partial charge in [0.15, 0.2) is 0 Å². The van der Waals surface area contributed by atoms with E-state index in [1.807, 2.05) is 38.1 Å². The molecule has 1 atom stereocenters. The summed E-state index contributed by atoms with van der Waals surface area (Å²) in [6.07, 6.45) is 1.57. The van der Waals surface area contributed by atoms with Crippen molar-refractivity contribution in [1.29, 1.82) is 0 Å². The van der Waals surface area contributed by atoms with Crippen LogP contribution in [0.15, 0.2) is 30.5 Å². The molecule has 1 aromatic carbocycles. The van der Waals surface area contributed by atoms with Crippen molar-refractivity contribution >= 4 is 11.6 Å². The Hall–Kier alpha value is -1.32. The number of hydrogen-bond acceptors (Lipinski definition) is 2. The van der Waals surface area contributed by atoms with Crippen molar-refractivity contribution in [2.24, 2.45) is 0 Å². The molecule has 0 aliphatic carbocycles. The lowest BCUT2D eigenvalue weighted by molar-refractivity contribution is 0.0919. The Morgan fingerprint density at radius 1 is 1.33 bits per heavy atom. The molecular formula is C14H17ClN2O. The van der Waals surface area contributed by atoms with E-state index in [2.05, 4.69) is 5.10 Å². The third-order valence-electron chi connectivity index (χ3n) is 3.17. The Balaban J connectivity index is 2.53. The van der Waals surface area contributed by atoms with E-state index < -0.39 is 5.60 Å². The third kappa shape index (κ3) is 2.16. The summed E-state index contributed by atoms with van der Waals surface area (Å²) < 4.78 is 1.72. The molecule has 0 bridgehead atoms. The lowest BCUT2D eigenvalue weighted by atomic mass is 9.91. The van der Waals surface area contributed by atoms with Gasteiger partial charge in [-0.05, 0) is 26.3 Å². The first kappa shape index (κ1) is 13.1. The zero-order valence-corrected chi connectivity index (χ0v) is 11.6. The molecule has 0 fully saturated rings. The minimum atomic E-state index is -1.14. The van der Waals surface area contributed by atoms with E-state index in [1.54, 1.807) is 17.8 Å². The normalized spacial score (nSPS) is 14.5. The summed E-state index contributed by atoms with van der Waals surface area (Å²) in [6.45, 7) is 6.40. The van der Waals surface area contributed by atoms with Crippen LogP contribution in [0.25, 0.3) is 0 Å². The van der Waals surface area contributed by atoms with Gasteiger partial charge >= 0.3 is 0 Å². The van der Waals surface area contributed by atoms with Gasteiger partial charge in [0.25, 0.3) is 0 Å². The SMILES string of the molecule is CCn1ncc(Cl)c1C(C)(O)c1ccc(C)cc1. The van der Waals surface area contributed by atoms with E-state index in [0.717, 1.165) is 11.1 Å². The van der Waals surface area contributed by atoms with Gasteiger partial charge in [0, 0.05) is 6.54 Å². The van der Waals surface area contributed by atoms with E-state index in [-0.39, 0.29) is 0 Å². The maximum Gasteiger partial charge on any atom is 0.130 e. The number of aliphatic hydroxyl groups is 1. The van der Waals surface area contributed by atoms with E-state index >= 15 is 0 Å². The summed E-state index contributed by atoms with van der Waals surface area (Å²) in [6, 6.07) is 7.78. The zero-order chi connectivity index (χ0) is 13.3. The van der Waals surface area contributed by atoms with E-state index in [0.29, 0.717) is 17.3 Å². The van der Waals surface area contributed by atoms with Crippen LogP contribution in [0.3, 0.4) is 0 Å². The van der Waals surface area contributed by atoms with Crippen molar-refractivity contribution in [3.05, 3.63) is 52.3 Å². The molecule has 1 N–H and O–H groups in total. The van der Waals surface area contributed by atoms with Crippen LogP contribution in [0.1, 0.15) is 30.7 Å². The maximum atomic E-state index is 10.8. The smallest absolute Gasteiger partial charge is 0.130 e. The predicted octanol–water partition coefficient (Wildman–Crippen LogP) is 3.12. The Morgan fingerprint density at radius 3 is 2.50 bits per heavy atom. The fourth-order valence-corrected chi connectivity index (χ4v) is 2.43. The third-order valence-corrected chi connectivity index (χ3v) is 3.45. The highest BCUT2D eigenvalue weighted by Gasteiger charge is 2.31. The van der Waals surface area contributed by atoms with E-state index in [1.165, 1.54) is 0 Å². The van der Waals surface area contributed by atoms with Gasteiger partial charge in [-0.25, -0.2) is 0 Å². The average Bonchev–Trinajstić information content (AvgIpc) is 2.71. The highest BCUT2D eigenvalue weighted by atomic mass is 35.5. The van der Waals surface area contributed by atoms with Gasteiger partial charge in [0.05, 0.1) is 16.9 Å². The van der Waals surface area contributed by atoms with Crippen molar-refractivity contribution < 1.29 is 5.11 Å². The molecule has 0 amide bonds. The van der Waals surface area contributed by atoms with Gasteiger partial charge < -0.3 is 5.11 Å². The first-order valence-electron chi connectivity index (χ1n) is 5.98. The summed E-state index contributed by atoms with van der Waals surface area (Å²) in [4.78, 5) is 0. The summed E-state index contributed by atoms with van der Waals surface area (Å²) in [7, 11) is 0. The molecule has 18 heavy (non-hydrogen) atoms. The Kier molecular flexibility index (Phi) is 3.46. The van der Waals surface area contributed by atoms with E-state index in [9.17, 15) is 5.11 Å². The van der Waals surface area contributed by atoms with Gasteiger partial charge in [0.2, 0.25) is 0 Å². The molecule has 96 valence electrons. The molecule has 0 aliphatic rings. The maximum absolute atomic E-state index is 10.8. The molecule has 0 saturated heterocycles. The predicted molar refractivity (Wildman–Crippen MR) is 72.8 cm³/mol. The Labute approximate surface area is 112 Å². The zero-order valence-electron chi connectivity index (χ0n) is 10.8. The Bertz CT molecular complexity index is 543. The number of aryl methyl sites for hydroxylation is 2. The molecule has 0 spiro atoms. The van der Waals surface area contributed by atoms with Gasteiger partial charge in [0.1, 0.15) is 5.60 Å². The molecule has 0 radical (unpaired) electrons. The van der Waals surface area contributed by atoms with Gasteiger partial charge in [-0.2, -0.15) is 5.10 Å². The lowest BCUT2D eigenvalue weighted by Crippen LogP contribution is -2.27. The second-order valence-electron chi connectivity index (χ2n) is 4.60. The largest absolute Gasteiger partial charge is 0.379 e. The monoisotopic (exact) mass is 264 g/mol. The Morgan fingerprint density at radius 2 is 1.94 bits per heavy atom. The number of aromatic nitrogens is 2. The molecule has 0 saturated carbocycles. The number of rotatable bonds is 3. The van der Waals surface area contributed by atoms with Crippen LogP contribution in [0.2, 0.25) is 5.02 Å². The molecule has 2 rings (SSSR count). The van der Waals surface area contributed by atoms with Crippen LogP contribution in [0.5, 0.6) is 0 Å². The second-order valence-corrected chi connectivity index (χ2v) is 5.00. The van der Waals surface area contributed by atoms with Crippen molar-refractivity contribution in [3.63, 3.8) is 0 Å². The van der Waals surface area contributed by atoms with Crippen LogP contribution < -0.4 is 0 Å². The summed E-state index contributed by atoms with van der Waals surface area (Å²) in [5.41, 5.74) is 1.46. The van der Waals surface area contributed by atoms with Crippen LogP contribution in [-0.2, 0) is 12.1 Å². The quantitative estimate of drug-likeness (QED) is 0.925. The van der Waals surface area contributed by atoms with Crippen molar-refractivity contribution in [2.75, 3.05) is 0 Å². The van der Waals surface area contributed by atoms with Crippen LogP contribution in [0.4, 0.5) is 0 Å². The van der Waals surface area contributed by atoms with Crippen molar-refractivity contribution in [2.45, 2.75) is 32.9 Å². The standard InChI is InChI=1S/C14H17ClN2O/c1-4-17-13(12(15)9-16-17)14(3,18)11-7-5-10(2)6-8-11/h5-9,18H,4H2,1-3H3. The number of nitrogens with zero attached hydrogens (tertiary/aromatic N) is 2. The summed E-state index contributed by atoms with van der Waals surface area (Å²) >= 11 is 6.15. The molecule has 3 nitrogen and oxygen atoms in total. The molecular weight excluding hydrogens is 248 g/mol. The van der Waals surface area contributed by atoms with Gasteiger partial charge in [-0.15, -0.1) is 0 Å². The molecule has 1 unspecified atom stereocenters. The molecule has 1 heterocycles. The molecule has 0 aliphatic heterocycles. The highest BCUT2D eigenvalue weighted by molar-refractivity contribution is 6.31. The minimum Gasteiger partial charge on any atom is -0.379 e. The molecule has 4 heteroatoms. The minimum absolute atomic E-state index is 0.488. The number of halogens is 1. The van der Waals surface area contributed by atoms with Crippen molar-refractivity contribution in [1.82, 2.24) is 9.78 Å². The second kappa shape index (κ2) is 4.75. The fourth-order valence-electron chi connectivity index (χ4n) is 2.10. The highest BCUT2D eigenvalue weighted by Crippen LogP contribution is 2.33. The van der Waals surface area contributed by atoms with Crippen LogP contribution >= 0.6 is 11.6 Å². The topological polar surface area (TPSA) is 38.0 Å². The summed E-state index contributed by atoms with van der Waals surface area (Å²) in [5, 5.41) is 15.4. The molecule has 2 aromatic rings. The van der Waals surface area contributed by atoms with Gasteiger partial charge in [-0.3, -0.25) is 4.68 Å². The first-order chi connectivity index (χ1) is 8.46. The summed E-state index contributed by atoms with van der Waals surface area (Å²) in [5.74, 6) is 0. The van der Waals surface area contributed by atoms with Crippen molar-refractivity contribution in [3.8, 4) is 0 Å². The van der Waals surface area contributed by atoms with Gasteiger partial charge in [-0.1, -0.05) is 41.4 Å². The average molecular weight is 265 g/mol. The first-order valence-corrected chi connectivity index (χ1v) is 6.36. The fraction of sp³-hybridized carbons (Fsp3) is 0.357. The van der Waals surface area contributed by atoms with Crippen LogP contribution in [0, 0.1) is 6.92 Å². The lowest BCUT2D eigenvalue weighted by Gasteiger charge is -2.25.